The van der Waals surface area contributed by atoms with Crippen molar-refractivity contribution in [3.8, 4) is 0 Å². The van der Waals surface area contributed by atoms with Crippen LogP contribution in [0.25, 0.3) is 0 Å². The first-order chi connectivity index (χ1) is 9.17. The molecular formula is C15H28IN3O. The summed E-state index contributed by atoms with van der Waals surface area (Å²) in [5.74, 6) is 2.22. The maximum absolute atomic E-state index is 5.97. The predicted molar refractivity (Wildman–Crippen MR) is 92.4 cm³/mol. The number of halogens is 1. The van der Waals surface area contributed by atoms with Gasteiger partial charge in [0.1, 0.15) is 0 Å². The van der Waals surface area contributed by atoms with E-state index >= 15 is 0 Å². The van der Waals surface area contributed by atoms with Crippen molar-refractivity contribution >= 4 is 29.9 Å². The lowest BCUT2D eigenvalue weighted by Gasteiger charge is -2.29. The second-order valence-electron chi connectivity index (χ2n) is 6.91. The van der Waals surface area contributed by atoms with Crippen LogP contribution in [0.2, 0.25) is 0 Å². The van der Waals surface area contributed by atoms with Crippen LogP contribution in [0.15, 0.2) is 4.99 Å². The fraction of sp³-hybridized carbons (Fsp3) is 0.933. The van der Waals surface area contributed by atoms with Crippen LogP contribution in [0.5, 0.6) is 0 Å². The standard InChI is InChI=1S/C15H27N3O.HI/c1-15(7-8-19-13(15)12-5-6-12)10-18-14(16)17-9-11-3-2-4-11;/h11-13H,2-10H2,1H3,(H3,16,17,18);1H. The van der Waals surface area contributed by atoms with Gasteiger partial charge in [-0.1, -0.05) is 13.3 Å². The Balaban J connectivity index is 0.00000147. The van der Waals surface area contributed by atoms with Crippen molar-refractivity contribution in [2.75, 3.05) is 19.7 Å². The summed E-state index contributed by atoms with van der Waals surface area (Å²) < 4.78 is 5.92. The molecule has 0 aromatic rings. The first-order valence-electron chi connectivity index (χ1n) is 7.83. The highest BCUT2D eigenvalue weighted by molar-refractivity contribution is 14.0. The number of nitrogens with one attached hydrogen (secondary N) is 1. The van der Waals surface area contributed by atoms with Crippen LogP contribution in [-0.2, 0) is 4.74 Å². The third kappa shape index (κ3) is 3.78. The SMILES string of the molecule is CC1(CN=C(N)NCC2CCC2)CCOC1C1CC1.I. The van der Waals surface area contributed by atoms with Gasteiger partial charge < -0.3 is 15.8 Å². The number of hydrogen-bond donors (Lipinski definition) is 2. The molecule has 3 N–H and O–H groups in total. The molecule has 1 heterocycles. The molecule has 20 heavy (non-hydrogen) atoms. The highest BCUT2D eigenvalue weighted by Gasteiger charge is 2.47. The van der Waals surface area contributed by atoms with Gasteiger partial charge in [-0.25, -0.2) is 0 Å². The van der Waals surface area contributed by atoms with E-state index in [1.807, 2.05) is 0 Å². The Labute approximate surface area is 139 Å². The highest BCUT2D eigenvalue weighted by Crippen LogP contribution is 2.47. The second-order valence-corrected chi connectivity index (χ2v) is 6.91. The molecule has 0 spiro atoms. The first-order valence-corrected chi connectivity index (χ1v) is 7.83. The van der Waals surface area contributed by atoms with E-state index in [-0.39, 0.29) is 29.4 Å². The van der Waals surface area contributed by atoms with E-state index in [1.165, 1.54) is 32.1 Å². The van der Waals surface area contributed by atoms with E-state index < -0.39 is 0 Å². The van der Waals surface area contributed by atoms with Crippen LogP contribution in [0.4, 0.5) is 0 Å². The van der Waals surface area contributed by atoms with Gasteiger partial charge in [0.15, 0.2) is 5.96 Å². The zero-order chi connectivity index (χ0) is 13.3. The average molecular weight is 393 g/mol. The molecule has 0 aromatic carbocycles. The summed E-state index contributed by atoms with van der Waals surface area (Å²) >= 11 is 0. The van der Waals surface area contributed by atoms with Crippen molar-refractivity contribution in [2.45, 2.75) is 51.6 Å². The number of ether oxygens (including phenoxy) is 1. The van der Waals surface area contributed by atoms with Gasteiger partial charge in [0.2, 0.25) is 0 Å². The Morgan fingerprint density at radius 3 is 2.70 bits per heavy atom. The Morgan fingerprint density at radius 1 is 1.35 bits per heavy atom. The summed E-state index contributed by atoms with van der Waals surface area (Å²) in [5, 5.41) is 3.27. The van der Waals surface area contributed by atoms with Gasteiger partial charge in [0.25, 0.3) is 0 Å². The number of nitrogens with zero attached hydrogens (tertiary/aromatic N) is 1. The van der Waals surface area contributed by atoms with Crippen LogP contribution in [0.3, 0.4) is 0 Å². The summed E-state index contributed by atoms with van der Waals surface area (Å²) in [5.41, 5.74) is 6.17. The number of aliphatic imine (C=N–C) groups is 1. The summed E-state index contributed by atoms with van der Waals surface area (Å²) in [6, 6.07) is 0. The largest absolute Gasteiger partial charge is 0.377 e. The predicted octanol–water partition coefficient (Wildman–Crippen LogP) is 2.51. The molecular weight excluding hydrogens is 365 g/mol. The highest BCUT2D eigenvalue weighted by atomic mass is 127. The molecule has 2 saturated carbocycles. The number of nitrogens with two attached hydrogens (primary N) is 1. The minimum absolute atomic E-state index is 0. The topological polar surface area (TPSA) is 59.6 Å². The molecule has 1 aliphatic heterocycles. The molecule has 5 heteroatoms. The van der Waals surface area contributed by atoms with E-state index in [1.54, 1.807) is 0 Å². The zero-order valence-electron chi connectivity index (χ0n) is 12.4. The first kappa shape index (κ1) is 16.3. The minimum Gasteiger partial charge on any atom is -0.377 e. The molecule has 0 amide bonds. The normalized spacial score (nSPS) is 34.5. The average Bonchev–Trinajstić information content (AvgIpc) is 3.09. The molecule has 116 valence electrons. The van der Waals surface area contributed by atoms with Gasteiger partial charge in [-0.05, 0) is 43.9 Å². The molecule has 2 aliphatic carbocycles. The molecule has 0 bridgehead atoms. The van der Waals surface area contributed by atoms with Crippen molar-refractivity contribution < 1.29 is 4.74 Å². The van der Waals surface area contributed by atoms with Gasteiger partial charge in [-0.15, -0.1) is 24.0 Å². The van der Waals surface area contributed by atoms with E-state index in [4.69, 9.17) is 10.5 Å². The van der Waals surface area contributed by atoms with Gasteiger partial charge >= 0.3 is 0 Å². The van der Waals surface area contributed by atoms with Crippen molar-refractivity contribution in [1.82, 2.24) is 5.32 Å². The lowest BCUT2D eigenvalue weighted by Crippen LogP contribution is -2.39. The van der Waals surface area contributed by atoms with Gasteiger partial charge in [0, 0.05) is 18.6 Å². The summed E-state index contributed by atoms with van der Waals surface area (Å²) in [7, 11) is 0. The summed E-state index contributed by atoms with van der Waals surface area (Å²) in [6.07, 6.45) is 8.26. The third-order valence-corrected chi connectivity index (χ3v) is 5.11. The van der Waals surface area contributed by atoms with Crippen LogP contribution in [0.1, 0.15) is 45.4 Å². The number of rotatable bonds is 5. The lowest BCUT2D eigenvalue weighted by molar-refractivity contribution is 0.0425. The molecule has 3 rings (SSSR count). The Hall–Kier alpha value is -0.0400. The van der Waals surface area contributed by atoms with E-state index in [0.717, 1.165) is 38.0 Å². The van der Waals surface area contributed by atoms with E-state index in [0.29, 0.717) is 12.1 Å². The molecule has 2 atom stereocenters. The van der Waals surface area contributed by atoms with Crippen molar-refractivity contribution in [2.24, 2.45) is 28.0 Å². The molecule has 3 fully saturated rings. The molecule has 1 saturated heterocycles. The van der Waals surface area contributed by atoms with Crippen molar-refractivity contribution in [3.05, 3.63) is 0 Å². The monoisotopic (exact) mass is 393 g/mol. The quantitative estimate of drug-likeness (QED) is 0.429. The van der Waals surface area contributed by atoms with Crippen LogP contribution in [-0.4, -0.2) is 31.8 Å². The molecule has 0 radical (unpaired) electrons. The Morgan fingerprint density at radius 2 is 2.10 bits per heavy atom. The lowest BCUT2D eigenvalue weighted by atomic mass is 9.81. The van der Waals surface area contributed by atoms with Crippen LogP contribution in [0, 0.1) is 17.3 Å². The van der Waals surface area contributed by atoms with E-state index in [2.05, 4.69) is 17.2 Å². The second kappa shape index (κ2) is 6.81. The smallest absolute Gasteiger partial charge is 0.188 e. The van der Waals surface area contributed by atoms with Gasteiger partial charge in [-0.3, -0.25) is 4.99 Å². The Bertz CT molecular complexity index is 355. The fourth-order valence-electron chi connectivity index (χ4n) is 3.30. The minimum atomic E-state index is 0. The molecule has 0 aromatic heterocycles. The third-order valence-electron chi connectivity index (χ3n) is 5.11. The maximum atomic E-state index is 5.97. The van der Waals surface area contributed by atoms with Crippen molar-refractivity contribution in [1.29, 1.82) is 0 Å². The molecule has 4 nitrogen and oxygen atoms in total. The van der Waals surface area contributed by atoms with Crippen LogP contribution >= 0.6 is 24.0 Å². The Kier molecular flexibility index (Phi) is 5.56. The number of hydrogen-bond acceptors (Lipinski definition) is 2. The fourth-order valence-corrected chi connectivity index (χ4v) is 3.30. The summed E-state index contributed by atoms with van der Waals surface area (Å²) in [4.78, 5) is 4.57. The summed E-state index contributed by atoms with van der Waals surface area (Å²) in [6.45, 7) is 5.00. The van der Waals surface area contributed by atoms with E-state index in [9.17, 15) is 0 Å². The zero-order valence-corrected chi connectivity index (χ0v) is 14.8. The van der Waals surface area contributed by atoms with Crippen molar-refractivity contribution in [3.63, 3.8) is 0 Å². The molecule has 3 aliphatic rings. The molecule has 2 unspecified atom stereocenters. The van der Waals surface area contributed by atoms with Crippen LogP contribution < -0.4 is 11.1 Å². The number of guanidine groups is 1. The maximum Gasteiger partial charge on any atom is 0.188 e. The van der Waals surface area contributed by atoms with Gasteiger partial charge in [-0.2, -0.15) is 0 Å². The van der Waals surface area contributed by atoms with Gasteiger partial charge in [0.05, 0.1) is 12.6 Å².